The summed E-state index contributed by atoms with van der Waals surface area (Å²) in [6.45, 7) is 1.45. The number of rotatable bonds is 2. The first-order chi connectivity index (χ1) is 10.8. The van der Waals surface area contributed by atoms with Crippen LogP contribution in [0.15, 0.2) is 34.5 Å². The minimum atomic E-state index is -1.43. The molecule has 0 fully saturated rings. The van der Waals surface area contributed by atoms with Crippen LogP contribution in [-0.4, -0.2) is 40.3 Å². The van der Waals surface area contributed by atoms with Crippen LogP contribution in [0.3, 0.4) is 0 Å². The standard InChI is InChI=1S/C14H12Cl2N2O5/c1-6-9(12(19)20)11(7-4-3-5-8(15)10(7)16)18(14(21)22)13(17-6)23-2/h3-5,11H,1-2H3,(H,19,20)(H,21,22). The van der Waals surface area contributed by atoms with Gasteiger partial charge in [-0.3, -0.25) is 0 Å². The van der Waals surface area contributed by atoms with Crippen molar-refractivity contribution < 1.29 is 24.5 Å². The lowest BCUT2D eigenvalue weighted by Gasteiger charge is -2.33. The third-order valence-corrected chi connectivity index (χ3v) is 4.12. The second-order valence-electron chi connectivity index (χ2n) is 4.60. The number of aliphatic carboxylic acids is 1. The normalized spacial score (nSPS) is 17.8. The fraction of sp³-hybridized carbons (Fsp3) is 0.214. The molecule has 0 radical (unpaired) electrons. The Morgan fingerprint density at radius 3 is 2.48 bits per heavy atom. The summed E-state index contributed by atoms with van der Waals surface area (Å²) in [5, 5.41) is 19.2. The molecule has 0 saturated heterocycles. The molecule has 1 amide bonds. The molecule has 7 nitrogen and oxygen atoms in total. The Hall–Kier alpha value is -2.25. The summed E-state index contributed by atoms with van der Waals surface area (Å²) in [5.41, 5.74) is 0.119. The number of amides is 1. The Morgan fingerprint density at radius 2 is 1.96 bits per heavy atom. The van der Waals surface area contributed by atoms with Gasteiger partial charge in [-0.2, -0.15) is 0 Å². The number of hydrogen-bond acceptors (Lipinski definition) is 4. The van der Waals surface area contributed by atoms with E-state index < -0.39 is 18.1 Å². The molecule has 0 bridgehead atoms. The van der Waals surface area contributed by atoms with Crippen LogP contribution in [0, 0.1) is 0 Å². The van der Waals surface area contributed by atoms with Gasteiger partial charge < -0.3 is 14.9 Å². The van der Waals surface area contributed by atoms with Crippen molar-refractivity contribution in [3.05, 3.63) is 45.1 Å². The van der Waals surface area contributed by atoms with Crippen LogP contribution in [0.2, 0.25) is 10.0 Å². The summed E-state index contributed by atoms with van der Waals surface area (Å²) in [6, 6.07) is 3.09. The Bertz CT molecular complexity index is 745. The van der Waals surface area contributed by atoms with Gasteiger partial charge in [0.2, 0.25) is 0 Å². The van der Waals surface area contributed by atoms with E-state index in [4.69, 9.17) is 27.9 Å². The van der Waals surface area contributed by atoms with Crippen molar-refractivity contribution in [2.24, 2.45) is 4.99 Å². The van der Waals surface area contributed by atoms with E-state index >= 15 is 0 Å². The Balaban J connectivity index is 2.77. The maximum absolute atomic E-state index is 11.7. The Labute approximate surface area is 141 Å². The molecule has 1 aromatic rings. The molecule has 1 unspecified atom stereocenters. The fourth-order valence-electron chi connectivity index (χ4n) is 2.33. The molecule has 0 spiro atoms. The van der Waals surface area contributed by atoms with Gasteiger partial charge in [-0.1, -0.05) is 35.3 Å². The number of carboxylic acids is 1. The van der Waals surface area contributed by atoms with E-state index in [-0.39, 0.29) is 32.9 Å². The lowest BCUT2D eigenvalue weighted by Crippen LogP contribution is -2.44. The molecule has 23 heavy (non-hydrogen) atoms. The van der Waals surface area contributed by atoms with Gasteiger partial charge >= 0.3 is 18.1 Å². The summed E-state index contributed by atoms with van der Waals surface area (Å²) in [4.78, 5) is 27.9. The Kier molecular flexibility index (Phi) is 4.82. The summed E-state index contributed by atoms with van der Waals surface area (Å²) < 4.78 is 4.98. The van der Waals surface area contributed by atoms with Crippen molar-refractivity contribution in [2.75, 3.05) is 7.11 Å². The molecule has 1 aliphatic heterocycles. The zero-order chi connectivity index (χ0) is 17.3. The van der Waals surface area contributed by atoms with Crippen molar-refractivity contribution in [1.29, 1.82) is 0 Å². The maximum atomic E-state index is 11.7. The van der Waals surface area contributed by atoms with E-state index in [9.17, 15) is 19.8 Å². The monoisotopic (exact) mass is 358 g/mol. The fourth-order valence-corrected chi connectivity index (χ4v) is 2.74. The number of nitrogens with zero attached hydrogens (tertiary/aromatic N) is 2. The highest BCUT2D eigenvalue weighted by atomic mass is 35.5. The van der Waals surface area contributed by atoms with Crippen molar-refractivity contribution in [3.63, 3.8) is 0 Å². The summed E-state index contributed by atoms with van der Waals surface area (Å²) >= 11 is 12.1. The molecule has 2 N–H and O–H groups in total. The maximum Gasteiger partial charge on any atom is 0.416 e. The molecule has 2 rings (SSSR count). The van der Waals surface area contributed by atoms with Gasteiger partial charge in [-0.25, -0.2) is 19.5 Å². The molecule has 1 heterocycles. The van der Waals surface area contributed by atoms with Crippen LogP contribution in [0.4, 0.5) is 4.79 Å². The molecule has 1 aliphatic rings. The number of methoxy groups -OCH3 is 1. The van der Waals surface area contributed by atoms with Gasteiger partial charge in [-0.15, -0.1) is 0 Å². The lowest BCUT2D eigenvalue weighted by atomic mass is 9.94. The predicted octanol–water partition coefficient (Wildman–Crippen LogP) is 3.39. The van der Waals surface area contributed by atoms with E-state index in [0.717, 1.165) is 0 Å². The molecule has 0 saturated carbocycles. The number of benzene rings is 1. The van der Waals surface area contributed by atoms with Gasteiger partial charge in [0.1, 0.15) is 6.04 Å². The summed E-state index contributed by atoms with van der Waals surface area (Å²) in [5.74, 6) is -1.31. The van der Waals surface area contributed by atoms with Gasteiger partial charge in [0.15, 0.2) is 0 Å². The number of halogens is 2. The summed E-state index contributed by atoms with van der Waals surface area (Å²) in [7, 11) is 1.24. The third-order valence-electron chi connectivity index (χ3n) is 3.29. The molecule has 0 aromatic heterocycles. The molecule has 122 valence electrons. The summed E-state index contributed by atoms with van der Waals surface area (Å²) in [6.07, 6.45) is -1.43. The number of allylic oxidation sites excluding steroid dienone is 1. The number of carboxylic acid groups (broad SMARTS) is 2. The molecular formula is C14H12Cl2N2O5. The number of ether oxygens (including phenoxy) is 1. The quantitative estimate of drug-likeness (QED) is 0.843. The molecular weight excluding hydrogens is 347 g/mol. The average molecular weight is 359 g/mol. The van der Waals surface area contributed by atoms with E-state index in [2.05, 4.69) is 4.99 Å². The van der Waals surface area contributed by atoms with E-state index in [1.807, 2.05) is 0 Å². The van der Waals surface area contributed by atoms with Crippen molar-refractivity contribution in [1.82, 2.24) is 4.90 Å². The first-order valence-corrected chi connectivity index (χ1v) is 7.08. The third kappa shape index (κ3) is 2.97. The zero-order valence-electron chi connectivity index (χ0n) is 12.1. The van der Waals surface area contributed by atoms with Crippen LogP contribution in [0.25, 0.3) is 0 Å². The second kappa shape index (κ2) is 6.47. The highest BCUT2D eigenvalue weighted by Crippen LogP contribution is 2.40. The zero-order valence-corrected chi connectivity index (χ0v) is 13.6. The van der Waals surface area contributed by atoms with E-state index in [1.54, 1.807) is 6.07 Å². The van der Waals surface area contributed by atoms with Crippen LogP contribution in [-0.2, 0) is 9.53 Å². The SMILES string of the molecule is COC1=NC(C)=C(C(=O)O)C(c2cccc(Cl)c2Cl)N1C(=O)O. The lowest BCUT2D eigenvalue weighted by molar-refractivity contribution is -0.133. The van der Waals surface area contributed by atoms with Crippen LogP contribution in [0.5, 0.6) is 0 Å². The van der Waals surface area contributed by atoms with E-state index in [1.165, 1.54) is 26.2 Å². The molecule has 9 heteroatoms. The number of aliphatic imine (C=N–C) groups is 1. The predicted molar refractivity (Wildman–Crippen MR) is 83.8 cm³/mol. The van der Waals surface area contributed by atoms with Gasteiger partial charge in [0, 0.05) is 5.56 Å². The van der Waals surface area contributed by atoms with Crippen LogP contribution in [0.1, 0.15) is 18.5 Å². The smallest absolute Gasteiger partial charge is 0.416 e. The van der Waals surface area contributed by atoms with Crippen molar-refractivity contribution >= 4 is 41.3 Å². The molecule has 0 aliphatic carbocycles. The highest BCUT2D eigenvalue weighted by molar-refractivity contribution is 6.42. The first-order valence-electron chi connectivity index (χ1n) is 6.32. The Morgan fingerprint density at radius 1 is 1.30 bits per heavy atom. The van der Waals surface area contributed by atoms with Gasteiger partial charge in [0.25, 0.3) is 0 Å². The first kappa shape index (κ1) is 17.1. The van der Waals surface area contributed by atoms with Crippen LogP contribution < -0.4 is 0 Å². The highest BCUT2D eigenvalue weighted by Gasteiger charge is 2.41. The minimum Gasteiger partial charge on any atom is -0.478 e. The second-order valence-corrected chi connectivity index (χ2v) is 5.39. The number of hydrogen-bond donors (Lipinski definition) is 2. The van der Waals surface area contributed by atoms with Crippen molar-refractivity contribution in [2.45, 2.75) is 13.0 Å². The van der Waals surface area contributed by atoms with Gasteiger partial charge in [0.05, 0.1) is 28.4 Å². The largest absolute Gasteiger partial charge is 0.478 e. The average Bonchev–Trinajstić information content (AvgIpc) is 2.48. The van der Waals surface area contributed by atoms with Gasteiger partial charge in [-0.05, 0) is 13.0 Å². The van der Waals surface area contributed by atoms with E-state index in [0.29, 0.717) is 4.90 Å². The van der Waals surface area contributed by atoms with Crippen LogP contribution >= 0.6 is 23.2 Å². The molecule has 1 atom stereocenters. The topological polar surface area (TPSA) is 99.4 Å². The minimum absolute atomic E-state index is 0.0642. The molecule has 1 aromatic carbocycles. The number of carbonyl (C=O) groups is 2. The number of amidine groups is 1. The van der Waals surface area contributed by atoms with Crippen molar-refractivity contribution in [3.8, 4) is 0 Å².